The van der Waals surface area contributed by atoms with Gasteiger partial charge < -0.3 is 19.4 Å². The van der Waals surface area contributed by atoms with E-state index in [1.54, 1.807) is 11.0 Å². The van der Waals surface area contributed by atoms with Gasteiger partial charge in [-0.05, 0) is 30.9 Å². The fraction of sp³-hybridized carbons (Fsp3) is 0.417. The summed E-state index contributed by atoms with van der Waals surface area (Å²) in [5.41, 5.74) is 4.15. The van der Waals surface area contributed by atoms with E-state index < -0.39 is 0 Å². The van der Waals surface area contributed by atoms with Crippen molar-refractivity contribution in [3.63, 3.8) is 0 Å². The van der Waals surface area contributed by atoms with E-state index in [4.69, 9.17) is 0 Å². The molecule has 0 aliphatic carbocycles. The van der Waals surface area contributed by atoms with E-state index in [-0.39, 0.29) is 11.5 Å². The molecule has 1 aromatic carbocycles. The summed E-state index contributed by atoms with van der Waals surface area (Å²) in [7, 11) is 2.12. The van der Waals surface area contributed by atoms with Crippen LogP contribution in [0.25, 0.3) is 10.9 Å². The first kappa shape index (κ1) is 20.4. The fourth-order valence-electron chi connectivity index (χ4n) is 5.56. The molecule has 1 saturated heterocycles. The molecule has 2 bridgehead atoms. The van der Waals surface area contributed by atoms with Crippen molar-refractivity contribution in [2.75, 3.05) is 30.4 Å². The highest BCUT2D eigenvalue weighted by atomic mass is 32.2. The van der Waals surface area contributed by atoms with E-state index in [1.807, 2.05) is 10.8 Å². The van der Waals surface area contributed by atoms with Crippen molar-refractivity contribution in [2.45, 2.75) is 25.4 Å². The molecule has 5 rings (SSSR count). The maximum absolute atomic E-state index is 13.0. The van der Waals surface area contributed by atoms with Crippen LogP contribution in [0, 0.1) is 5.92 Å². The Bertz CT molecular complexity index is 1200. The van der Waals surface area contributed by atoms with E-state index in [0.29, 0.717) is 23.3 Å². The summed E-state index contributed by atoms with van der Waals surface area (Å²) in [5.74, 6) is 1.12. The van der Waals surface area contributed by atoms with E-state index in [0.717, 1.165) is 38.3 Å². The Morgan fingerprint density at radius 2 is 2.06 bits per heavy atom. The molecule has 3 atom stereocenters. The van der Waals surface area contributed by atoms with Crippen LogP contribution in [-0.2, 0) is 24.9 Å². The number of likely N-dealkylation sites (tertiary alicyclic amines) is 1. The summed E-state index contributed by atoms with van der Waals surface area (Å²) < 4.78 is 4.14. The van der Waals surface area contributed by atoms with Gasteiger partial charge in [0.25, 0.3) is 5.56 Å². The zero-order valence-corrected chi connectivity index (χ0v) is 18.9. The Labute approximate surface area is 186 Å². The molecule has 2 aliphatic rings. The minimum absolute atomic E-state index is 0.0563. The molecule has 162 valence electrons. The number of nitrogens with zero attached hydrogens (tertiary/aromatic N) is 2. The number of thioether (sulfide) groups is 1. The smallest absolute Gasteiger partial charge is 0.274 e. The maximum Gasteiger partial charge on any atom is 0.274 e. The van der Waals surface area contributed by atoms with Crippen LogP contribution >= 0.6 is 11.8 Å². The minimum atomic E-state index is -0.119. The van der Waals surface area contributed by atoms with Gasteiger partial charge in [-0.25, -0.2) is 0 Å². The topological polar surface area (TPSA) is 60.5 Å². The number of amides is 1. The van der Waals surface area contributed by atoms with Gasteiger partial charge in [0.1, 0.15) is 12.2 Å². The zero-order chi connectivity index (χ0) is 21.5. The number of carbonyl (C=O) groups excluding carboxylic acids is 1. The summed E-state index contributed by atoms with van der Waals surface area (Å²) >= 11 is 1.45. The maximum atomic E-state index is 13.0. The Balaban J connectivity index is 1.37. The third-order valence-corrected chi connectivity index (χ3v) is 7.32. The van der Waals surface area contributed by atoms with Crippen molar-refractivity contribution in [3.8, 4) is 0 Å². The van der Waals surface area contributed by atoms with Gasteiger partial charge in [-0.2, -0.15) is 11.8 Å². The number of fused-ring (bicyclic) bond motifs is 5. The number of piperidine rings is 1. The predicted molar refractivity (Wildman–Crippen MR) is 126 cm³/mol. The number of aromatic nitrogens is 2. The minimum Gasteiger partial charge on any atom is -0.350 e. The number of nitrogens with one attached hydrogen (secondary N) is 2. The first-order chi connectivity index (χ1) is 15.0. The highest BCUT2D eigenvalue weighted by Crippen LogP contribution is 2.31. The summed E-state index contributed by atoms with van der Waals surface area (Å²) in [5, 5.41) is 4.13. The van der Waals surface area contributed by atoms with Crippen LogP contribution in [0.15, 0.2) is 47.4 Å². The molecule has 7 heteroatoms. The molecule has 1 fully saturated rings. The Morgan fingerprint density at radius 1 is 1.23 bits per heavy atom. The average molecular weight is 438 g/mol. The number of hydrogen-bond donors (Lipinski definition) is 2. The van der Waals surface area contributed by atoms with E-state index in [2.05, 4.69) is 53.5 Å². The lowest BCUT2D eigenvalue weighted by Gasteiger charge is -2.40. The third kappa shape index (κ3) is 3.81. The molecule has 3 aromatic rings. The molecule has 6 nitrogen and oxygen atoms in total. The molecule has 31 heavy (non-hydrogen) atoms. The number of pyridine rings is 1. The number of rotatable bonds is 5. The number of para-hydroxylation sites is 1. The molecule has 1 unspecified atom stereocenters. The van der Waals surface area contributed by atoms with Crippen LogP contribution in [0.2, 0.25) is 0 Å². The van der Waals surface area contributed by atoms with Gasteiger partial charge in [0.2, 0.25) is 5.91 Å². The number of benzene rings is 1. The first-order valence-electron chi connectivity index (χ1n) is 10.9. The molecule has 2 aliphatic heterocycles. The van der Waals surface area contributed by atoms with Crippen molar-refractivity contribution >= 4 is 34.3 Å². The first-order valence-corrected chi connectivity index (χ1v) is 12.3. The standard InChI is InChI=1S/C24H28N4O2S/c1-26-12-18(19-5-3-4-6-22(19)26)14-27-10-16-9-17(13-27)21-8-7-20(24(30)28(21)11-16)25-23(29)15-31-2/h3-8,12,16-17H,9-11,13-15H2,1-2H3,(H,25,29)/p+1/t16-,17+/m0/s1. The number of hydrogen-bond acceptors (Lipinski definition) is 3. The zero-order valence-electron chi connectivity index (χ0n) is 18.1. The second-order valence-electron chi connectivity index (χ2n) is 8.98. The van der Waals surface area contributed by atoms with Crippen molar-refractivity contribution in [2.24, 2.45) is 13.0 Å². The molecule has 0 radical (unpaired) electrons. The van der Waals surface area contributed by atoms with Crippen LogP contribution in [0.5, 0.6) is 0 Å². The Morgan fingerprint density at radius 3 is 2.90 bits per heavy atom. The number of carbonyl (C=O) groups is 1. The number of anilines is 1. The molecule has 2 N–H and O–H groups in total. The van der Waals surface area contributed by atoms with Crippen LogP contribution in [0.3, 0.4) is 0 Å². The molecule has 2 aromatic heterocycles. The summed E-state index contributed by atoms with van der Waals surface area (Å²) in [6.45, 7) is 3.88. The molecular weight excluding hydrogens is 408 g/mol. The summed E-state index contributed by atoms with van der Waals surface area (Å²) in [6.07, 6.45) is 5.30. The van der Waals surface area contributed by atoms with Crippen LogP contribution in [-0.4, -0.2) is 40.1 Å². The van der Waals surface area contributed by atoms with Gasteiger partial charge in [-0.3, -0.25) is 9.59 Å². The van der Waals surface area contributed by atoms with Gasteiger partial charge in [-0.15, -0.1) is 0 Å². The number of quaternary nitrogens is 1. The third-order valence-electron chi connectivity index (χ3n) is 6.77. The highest BCUT2D eigenvalue weighted by Gasteiger charge is 2.37. The van der Waals surface area contributed by atoms with Crippen LogP contribution in [0.1, 0.15) is 23.6 Å². The van der Waals surface area contributed by atoms with Crippen LogP contribution in [0.4, 0.5) is 5.69 Å². The summed E-state index contributed by atoms with van der Waals surface area (Å²) in [6, 6.07) is 12.5. The Kier molecular flexibility index (Phi) is 5.40. The SMILES string of the molecule is CSCC(=O)Nc1ccc2n(c1=O)C[C@H]1C[C@@H]2C[NH+](Cc2cn(C)c3ccccc23)C1. The molecule has 4 heterocycles. The van der Waals surface area contributed by atoms with Crippen LogP contribution < -0.4 is 15.8 Å². The lowest BCUT2D eigenvalue weighted by Crippen LogP contribution is -3.13. The molecule has 0 saturated carbocycles. The molecule has 1 amide bonds. The predicted octanol–water partition coefficient (Wildman–Crippen LogP) is 1.84. The van der Waals surface area contributed by atoms with Crippen molar-refractivity contribution in [1.29, 1.82) is 0 Å². The Hall–Kier alpha value is -2.51. The lowest BCUT2D eigenvalue weighted by molar-refractivity contribution is -0.924. The lowest BCUT2D eigenvalue weighted by atomic mass is 9.83. The second kappa shape index (κ2) is 8.20. The fourth-order valence-corrected chi connectivity index (χ4v) is 5.90. The van der Waals surface area contributed by atoms with E-state index in [9.17, 15) is 9.59 Å². The summed E-state index contributed by atoms with van der Waals surface area (Å²) in [4.78, 5) is 26.6. The monoisotopic (exact) mass is 437 g/mol. The van der Waals surface area contributed by atoms with Gasteiger partial charge in [0.05, 0.1) is 18.8 Å². The van der Waals surface area contributed by atoms with E-state index >= 15 is 0 Å². The van der Waals surface area contributed by atoms with Gasteiger partial charge in [-0.1, -0.05) is 18.2 Å². The quantitative estimate of drug-likeness (QED) is 0.641. The van der Waals surface area contributed by atoms with Crippen molar-refractivity contribution in [3.05, 3.63) is 64.2 Å². The average Bonchev–Trinajstić information content (AvgIpc) is 3.06. The van der Waals surface area contributed by atoms with Gasteiger partial charge >= 0.3 is 0 Å². The van der Waals surface area contributed by atoms with Gasteiger partial charge in [0, 0.05) is 53.8 Å². The van der Waals surface area contributed by atoms with Crippen molar-refractivity contribution in [1.82, 2.24) is 9.13 Å². The second-order valence-corrected chi connectivity index (χ2v) is 9.85. The van der Waals surface area contributed by atoms with E-state index in [1.165, 1.54) is 28.2 Å². The highest BCUT2D eigenvalue weighted by molar-refractivity contribution is 7.99. The normalized spacial score (nSPS) is 22.3. The molecular formula is C24H29N4O2S+. The molecule has 0 spiro atoms. The largest absolute Gasteiger partial charge is 0.350 e. The van der Waals surface area contributed by atoms with Gasteiger partial charge in [0.15, 0.2) is 0 Å². The number of aryl methyl sites for hydroxylation is 1. The van der Waals surface area contributed by atoms with Crippen molar-refractivity contribution < 1.29 is 9.69 Å².